The highest BCUT2D eigenvalue weighted by Gasteiger charge is 2.11. The van der Waals surface area contributed by atoms with E-state index >= 15 is 0 Å². The number of carbonyl (C=O) groups excluding carboxylic acids is 1. The first-order chi connectivity index (χ1) is 7.61. The van der Waals surface area contributed by atoms with E-state index in [1.54, 1.807) is 0 Å². The summed E-state index contributed by atoms with van der Waals surface area (Å²) in [7, 11) is 0. The van der Waals surface area contributed by atoms with Gasteiger partial charge in [0.05, 0.1) is 5.69 Å². The number of halogens is 1. The van der Waals surface area contributed by atoms with Crippen molar-refractivity contribution in [3.8, 4) is 10.6 Å². The molecule has 0 aliphatic carbocycles. The minimum Gasteiger partial charge on any atom is -0.284 e. The first-order valence-electron chi connectivity index (χ1n) is 4.74. The van der Waals surface area contributed by atoms with Crippen LogP contribution in [0.5, 0.6) is 0 Å². The smallest absolute Gasteiger partial charge is 0.246 e. The van der Waals surface area contributed by atoms with Crippen LogP contribution < -0.4 is 0 Å². The maximum Gasteiger partial charge on any atom is 0.246 e. The van der Waals surface area contributed by atoms with Crippen LogP contribution in [0.1, 0.15) is 16.1 Å². The monoisotopic (exact) mass is 250 g/mol. The van der Waals surface area contributed by atoms with E-state index in [1.165, 1.54) is 11.3 Å². The molecule has 4 heteroatoms. The van der Waals surface area contributed by atoms with Crippen LogP contribution in [0.15, 0.2) is 18.2 Å². The molecule has 0 aliphatic heterocycles. The molecule has 0 atom stereocenters. The molecule has 1 radical (unpaired) electrons. The second kappa shape index (κ2) is 4.36. The van der Waals surface area contributed by atoms with E-state index < -0.39 is 0 Å². The van der Waals surface area contributed by atoms with Gasteiger partial charge in [0.25, 0.3) is 0 Å². The van der Waals surface area contributed by atoms with Crippen LogP contribution in [0.4, 0.5) is 0 Å². The Bertz CT molecular complexity index is 548. The predicted molar refractivity (Wildman–Crippen MR) is 66.8 cm³/mol. The van der Waals surface area contributed by atoms with Crippen LogP contribution in [0, 0.1) is 13.8 Å². The number of aromatic nitrogens is 1. The van der Waals surface area contributed by atoms with Crippen molar-refractivity contribution in [1.29, 1.82) is 0 Å². The molecule has 1 aromatic heterocycles. The molecule has 0 unspecified atom stereocenters. The van der Waals surface area contributed by atoms with Gasteiger partial charge in [-0.05, 0) is 31.5 Å². The van der Waals surface area contributed by atoms with Crippen LogP contribution in [0.2, 0.25) is 5.02 Å². The summed E-state index contributed by atoms with van der Waals surface area (Å²) in [6.45, 7) is 3.79. The second-order valence-corrected chi connectivity index (χ2v) is 4.93. The van der Waals surface area contributed by atoms with Crippen LogP contribution in [0.3, 0.4) is 0 Å². The molecule has 16 heavy (non-hydrogen) atoms. The average molecular weight is 251 g/mol. The molecule has 1 aromatic carbocycles. The van der Waals surface area contributed by atoms with Gasteiger partial charge in [0.2, 0.25) is 6.29 Å². The van der Waals surface area contributed by atoms with Crippen molar-refractivity contribution in [2.24, 2.45) is 0 Å². The molecule has 0 amide bonds. The van der Waals surface area contributed by atoms with Crippen molar-refractivity contribution in [2.45, 2.75) is 13.8 Å². The van der Waals surface area contributed by atoms with E-state index in [2.05, 4.69) is 4.98 Å². The van der Waals surface area contributed by atoms with E-state index in [0.717, 1.165) is 21.8 Å². The summed E-state index contributed by atoms with van der Waals surface area (Å²) in [5.41, 5.74) is 2.79. The average Bonchev–Trinajstić information content (AvgIpc) is 2.59. The van der Waals surface area contributed by atoms with Crippen molar-refractivity contribution < 1.29 is 4.79 Å². The maximum atomic E-state index is 10.6. The third-order valence-corrected chi connectivity index (χ3v) is 3.63. The SMILES string of the molecule is Cc1cc(Cl)ccc1-c1nc(C)c([C]=O)s1. The zero-order valence-electron chi connectivity index (χ0n) is 8.87. The standard InChI is InChI=1S/C12H9ClNOS/c1-7-5-9(13)3-4-10(7)12-14-8(2)11(6-15)16-12/h3-5H,1-2H3. The number of hydrogen-bond acceptors (Lipinski definition) is 3. The van der Waals surface area contributed by atoms with Crippen molar-refractivity contribution >= 4 is 29.2 Å². The predicted octanol–water partition coefficient (Wildman–Crippen LogP) is 3.54. The van der Waals surface area contributed by atoms with E-state index in [-0.39, 0.29) is 0 Å². The first kappa shape index (κ1) is 11.3. The molecule has 2 aromatic rings. The molecule has 0 spiro atoms. The highest BCUT2D eigenvalue weighted by molar-refractivity contribution is 7.16. The Balaban J connectivity index is 2.54. The lowest BCUT2D eigenvalue weighted by molar-refractivity contribution is 0.563. The van der Waals surface area contributed by atoms with Crippen LogP contribution in [0.25, 0.3) is 10.6 Å². The Hall–Kier alpha value is -1.19. The van der Waals surface area contributed by atoms with Gasteiger partial charge in [-0.1, -0.05) is 17.7 Å². The molecule has 0 bridgehead atoms. The molecule has 0 fully saturated rings. The molecule has 0 saturated carbocycles. The molecule has 1 heterocycles. The summed E-state index contributed by atoms with van der Waals surface area (Å²) in [6.07, 6.45) is 1.90. The zero-order valence-corrected chi connectivity index (χ0v) is 10.4. The van der Waals surface area contributed by atoms with Gasteiger partial charge in [0, 0.05) is 10.6 Å². The Morgan fingerprint density at radius 2 is 2.12 bits per heavy atom. The highest BCUT2D eigenvalue weighted by Crippen LogP contribution is 2.30. The van der Waals surface area contributed by atoms with Gasteiger partial charge >= 0.3 is 0 Å². The Kier molecular flexibility index (Phi) is 3.08. The maximum absolute atomic E-state index is 10.6. The Morgan fingerprint density at radius 1 is 1.38 bits per heavy atom. The molecular formula is C12H9ClNOS. The van der Waals surface area contributed by atoms with Gasteiger partial charge in [-0.3, -0.25) is 4.79 Å². The van der Waals surface area contributed by atoms with Crippen molar-refractivity contribution in [3.05, 3.63) is 39.4 Å². The fourth-order valence-corrected chi connectivity index (χ4v) is 2.65. The fourth-order valence-electron chi connectivity index (χ4n) is 1.47. The van der Waals surface area contributed by atoms with Crippen LogP contribution in [-0.2, 0) is 4.79 Å². The largest absolute Gasteiger partial charge is 0.284 e. The molecule has 0 N–H and O–H groups in total. The number of aryl methyl sites for hydroxylation is 2. The summed E-state index contributed by atoms with van der Waals surface area (Å²) < 4.78 is 0. The summed E-state index contributed by atoms with van der Waals surface area (Å²) in [5, 5.41) is 1.54. The van der Waals surface area contributed by atoms with Gasteiger partial charge in [-0.25, -0.2) is 4.98 Å². The van der Waals surface area contributed by atoms with Crippen molar-refractivity contribution in [3.63, 3.8) is 0 Å². The minimum atomic E-state index is 0.560. The molecule has 0 aliphatic rings. The molecular weight excluding hydrogens is 242 g/mol. The lowest BCUT2D eigenvalue weighted by Crippen LogP contribution is -1.82. The molecule has 2 nitrogen and oxygen atoms in total. The summed E-state index contributed by atoms with van der Waals surface area (Å²) >= 11 is 7.24. The molecule has 2 rings (SSSR count). The fraction of sp³-hybridized carbons (Fsp3) is 0.167. The summed E-state index contributed by atoms with van der Waals surface area (Å²) in [6, 6.07) is 5.63. The lowest BCUT2D eigenvalue weighted by atomic mass is 10.1. The topological polar surface area (TPSA) is 30.0 Å². The number of nitrogens with zero attached hydrogens (tertiary/aromatic N) is 1. The van der Waals surface area contributed by atoms with Crippen LogP contribution >= 0.6 is 22.9 Å². The Morgan fingerprint density at radius 3 is 2.69 bits per heavy atom. The van der Waals surface area contributed by atoms with E-state index in [4.69, 9.17) is 11.6 Å². The Labute approximate surface area is 103 Å². The summed E-state index contributed by atoms with van der Waals surface area (Å²) in [4.78, 5) is 15.6. The lowest BCUT2D eigenvalue weighted by Gasteiger charge is -2.01. The second-order valence-electron chi connectivity index (χ2n) is 3.49. The number of benzene rings is 1. The van der Waals surface area contributed by atoms with E-state index in [1.807, 2.05) is 38.3 Å². The number of hydrogen-bond donors (Lipinski definition) is 0. The normalized spacial score (nSPS) is 10.4. The van der Waals surface area contributed by atoms with Gasteiger partial charge in [0.1, 0.15) is 9.88 Å². The van der Waals surface area contributed by atoms with Gasteiger partial charge < -0.3 is 0 Å². The van der Waals surface area contributed by atoms with E-state index in [9.17, 15) is 4.79 Å². The van der Waals surface area contributed by atoms with E-state index in [0.29, 0.717) is 9.90 Å². The summed E-state index contributed by atoms with van der Waals surface area (Å²) in [5.74, 6) is 0. The third kappa shape index (κ3) is 2.01. The van der Waals surface area contributed by atoms with Crippen LogP contribution in [-0.4, -0.2) is 11.3 Å². The quantitative estimate of drug-likeness (QED) is 0.816. The van der Waals surface area contributed by atoms with Crippen molar-refractivity contribution in [2.75, 3.05) is 0 Å². The van der Waals surface area contributed by atoms with Gasteiger partial charge in [-0.2, -0.15) is 0 Å². The minimum absolute atomic E-state index is 0.560. The number of rotatable bonds is 2. The molecule has 0 saturated heterocycles. The van der Waals surface area contributed by atoms with Crippen molar-refractivity contribution in [1.82, 2.24) is 4.98 Å². The van der Waals surface area contributed by atoms with Gasteiger partial charge in [0.15, 0.2) is 0 Å². The molecule has 81 valence electrons. The highest BCUT2D eigenvalue weighted by atomic mass is 35.5. The van der Waals surface area contributed by atoms with Gasteiger partial charge in [-0.15, -0.1) is 11.3 Å². The zero-order chi connectivity index (χ0) is 11.7. The number of thiazole rings is 1. The first-order valence-corrected chi connectivity index (χ1v) is 5.93. The third-order valence-electron chi connectivity index (χ3n) is 2.31.